The molecule has 5 nitrogen and oxygen atoms in total. The summed E-state index contributed by atoms with van der Waals surface area (Å²) in [5.74, 6) is -0.639. The van der Waals surface area contributed by atoms with Crippen molar-refractivity contribution >= 4 is 27.4 Å². The van der Waals surface area contributed by atoms with E-state index in [1.165, 1.54) is 31.2 Å². The van der Waals surface area contributed by atoms with E-state index in [1.54, 1.807) is 0 Å². The summed E-state index contributed by atoms with van der Waals surface area (Å²) in [6, 6.07) is 7.50. The number of benzene rings is 2. The van der Waals surface area contributed by atoms with Gasteiger partial charge in [0.05, 0.1) is 21.0 Å². The van der Waals surface area contributed by atoms with Crippen LogP contribution >= 0.6 is 15.9 Å². The Kier molecular flexibility index (Phi) is 4.32. The summed E-state index contributed by atoms with van der Waals surface area (Å²) in [7, 11) is 0. The Labute approximate surface area is 127 Å². The molecule has 0 aliphatic heterocycles. The van der Waals surface area contributed by atoms with Crippen molar-refractivity contribution in [1.29, 1.82) is 0 Å². The number of carbonyl (C=O) groups excluding carboxylic acids is 1. The van der Waals surface area contributed by atoms with Crippen molar-refractivity contribution in [2.24, 2.45) is 0 Å². The maximum absolute atomic E-state index is 13.2. The second-order valence-corrected chi connectivity index (χ2v) is 5.02. The average Bonchev–Trinajstić information content (AvgIpc) is 2.42. The lowest BCUT2D eigenvalue weighted by molar-refractivity contribution is -0.384. The number of carbonyl (C=O) groups is 1. The zero-order valence-electron chi connectivity index (χ0n) is 10.8. The van der Waals surface area contributed by atoms with Crippen molar-refractivity contribution in [3.63, 3.8) is 0 Å². The molecule has 2 aromatic rings. The monoisotopic (exact) mass is 353 g/mol. The van der Waals surface area contributed by atoms with E-state index in [4.69, 9.17) is 4.74 Å². The summed E-state index contributed by atoms with van der Waals surface area (Å²) in [4.78, 5) is 21.7. The molecular weight excluding hydrogens is 345 g/mol. The molecule has 0 bridgehead atoms. The Morgan fingerprint density at radius 2 is 1.95 bits per heavy atom. The van der Waals surface area contributed by atoms with Gasteiger partial charge >= 0.3 is 0 Å². The van der Waals surface area contributed by atoms with E-state index in [0.29, 0.717) is 4.47 Å². The number of nitro benzene ring substituents is 1. The van der Waals surface area contributed by atoms with Gasteiger partial charge in [-0.25, -0.2) is 4.39 Å². The molecule has 0 saturated heterocycles. The fraction of sp³-hybridized carbons (Fsp3) is 0.0714. The van der Waals surface area contributed by atoms with E-state index in [-0.39, 0.29) is 28.5 Å². The van der Waals surface area contributed by atoms with Gasteiger partial charge < -0.3 is 4.74 Å². The van der Waals surface area contributed by atoms with Gasteiger partial charge in [0, 0.05) is 6.07 Å². The Balaban J connectivity index is 2.45. The summed E-state index contributed by atoms with van der Waals surface area (Å²) < 4.78 is 19.2. The molecule has 0 amide bonds. The van der Waals surface area contributed by atoms with Gasteiger partial charge in [0.25, 0.3) is 5.69 Å². The molecule has 0 atom stereocenters. The Morgan fingerprint density at radius 1 is 1.24 bits per heavy atom. The summed E-state index contributed by atoms with van der Waals surface area (Å²) in [6.07, 6.45) is 0. The van der Waals surface area contributed by atoms with Crippen molar-refractivity contribution in [2.75, 3.05) is 0 Å². The van der Waals surface area contributed by atoms with Crippen LogP contribution in [0.1, 0.15) is 17.3 Å². The minimum Gasteiger partial charge on any atom is -0.455 e. The average molecular weight is 354 g/mol. The number of nitro groups is 1. The molecule has 0 N–H and O–H groups in total. The van der Waals surface area contributed by atoms with Crippen molar-refractivity contribution in [1.82, 2.24) is 0 Å². The van der Waals surface area contributed by atoms with Gasteiger partial charge in [-0.3, -0.25) is 14.9 Å². The highest BCUT2D eigenvalue weighted by molar-refractivity contribution is 9.10. The minimum absolute atomic E-state index is 0.0633. The van der Waals surface area contributed by atoms with Gasteiger partial charge in [0.2, 0.25) is 0 Å². The summed E-state index contributed by atoms with van der Waals surface area (Å²) >= 11 is 3.21. The largest absolute Gasteiger partial charge is 0.455 e. The maximum Gasteiger partial charge on any atom is 0.273 e. The molecule has 0 spiro atoms. The maximum atomic E-state index is 13.2. The lowest BCUT2D eigenvalue weighted by Gasteiger charge is -2.10. The molecule has 0 aliphatic rings. The van der Waals surface area contributed by atoms with E-state index in [2.05, 4.69) is 15.9 Å². The number of rotatable bonds is 4. The molecule has 0 heterocycles. The molecule has 0 saturated carbocycles. The fourth-order valence-corrected chi connectivity index (χ4v) is 2.00. The number of ketones is 1. The minimum atomic E-state index is -0.564. The smallest absolute Gasteiger partial charge is 0.273 e. The normalized spacial score (nSPS) is 10.2. The van der Waals surface area contributed by atoms with Crippen LogP contribution in [-0.4, -0.2) is 10.7 Å². The van der Waals surface area contributed by atoms with Gasteiger partial charge in [-0.1, -0.05) is 0 Å². The lowest BCUT2D eigenvalue weighted by atomic mass is 10.1. The van der Waals surface area contributed by atoms with E-state index in [9.17, 15) is 19.3 Å². The predicted molar refractivity (Wildman–Crippen MR) is 77.3 cm³/mol. The highest BCUT2D eigenvalue weighted by Crippen LogP contribution is 2.34. The summed E-state index contributed by atoms with van der Waals surface area (Å²) in [5.41, 5.74) is -0.0897. The van der Waals surface area contributed by atoms with Gasteiger partial charge in [0.1, 0.15) is 17.3 Å². The second kappa shape index (κ2) is 6.01. The quantitative estimate of drug-likeness (QED) is 0.461. The third kappa shape index (κ3) is 3.43. The van der Waals surface area contributed by atoms with Crippen LogP contribution in [0, 0.1) is 15.9 Å². The van der Waals surface area contributed by atoms with E-state index in [0.717, 1.165) is 12.1 Å². The van der Waals surface area contributed by atoms with Crippen LogP contribution < -0.4 is 4.74 Å². The van der Waals surface area contributed by atoms with Crippen LogP contribution in [0.5, 0.6) is 11.5 Å². The van der Waals surface area contributed by atoms with Crippen LogP contribution in [0.3, 0.4) is 0 Å². The first-order valence-corrected chi connectivity index (χ1v) is 6.60. The predicted octanol–water partition coefficient (Wildman–Crippen LogP) is 4.49. The number of Topliss-reactive ketones (excluding diaryl/α,β-unsaturated/α-hetero) is 1. The topological polar surface area (TPSA) is 69.4 Å². The molecule has 2 rings (SSSR count). The van der Waals surface area contributed by atoms with Crippen LogP contribution in [0.4, 0.5) is 10.1 Å². The first-order valence-electron chi connectivity index (χ1n) is 5.81. The highest BCUT2D eigenvalue weighted by atomic mass is 79.9. The standard InChI is InChI=1S/C14H9BrFNO4/c1-8(18)11-6-9(16)2-5-13(11)21-14-7-10(17(19)20)3-4-12(14)15/h2-7H,1H3. The molecule has 0 aromatic heterocycles. The fourth-order valence-electron chi connectivity index (χ4n) is 1.67. The number of non-ortho nitro benzene ring substituents is 1. The van der Waals surface area contributed by atoms with Crippen LogP contribution in [0.25, 0.3) is 0 Å². The first-order chi connectivity index (χ1) is 9.88. The second-order valence-electron chi connectivity index (χ2n) is 4.17. The summed E-state index contributed by atoms with van der Waals surface area (Å²) in [6.45, 7) is 1.28. The molecule has 0 aliphatic carbocycles. The van der Waals surface area contributed by atoms with Gasteiger partial charge in [-0.05, 0) is 47.1 Å². The van der Waals surface area contributed by atoms with E-state index < -0.39 is 10.7 Å². The SMILES string of the molecule is CC(=O)c1cc(F)ccc1Oc1cc([N+](=O)[O-])ccc1Br. The molecule has 21 heavy (non-hydrogen) atoms. The Bertz CT molecular complexity index is 733. The Morgan fingerprint density at radius 3 is 2.57 bits per heavy atom. The van der Waals surface area contributed by atoms with Crippen molar-refractivity contribution in [3.8, 4) is 11.5 Å². The molecule has 0 radical (unpaired) electrons. The van der Waals surface area contributed by atoms with Crippen LogP contribution in [0.2, 0.25) is 0 Å². The number of nitrogens with zero attached hydrogens (tertiary/aromatic N) is 1. The van der Waals surface area contributed by atoms with Crippen molar-refractivity contribution in [3.05, 3.63) is 62.4 Å². The third-order valence-electron chi connectivity index (χ3n) is 2.67. The lowest BCUT2D eigenvalue weighted by Crippen LogP contribution is -1.99. The number of hydrogen-bond donors (Lipinski definition) is 0. The first kappa shape index (κ1) is 15.1. The number of ether oxygens (including phenoxy) is 1. The number of halogens is 2. The molecule has 0 fully saturated rings. The zero-order chi connectivity index (χ0) is 15.6. The van der Waals surface area contributed by atoms with E-state index in [1.807, 2.05) is 0 Å². The third-order valence-corrected chi connectivity index (χ3v) is 3.32. The molecule has 108 valence electrons. The van der Waals surface area contributed by atoms with E-state index >= 15 is 0 Å². The van der Waals surface area contributed by atoms with Gasteiger partial charge in [-0.2, -0.15) is 0 Å². The summed E-state index contributed by atoms with van der Waals surface area (Å²) in [5, 5.41) is 10.8. The molecule has 7 heteroatoms. The van der Waals surface area contributed by atoms with Crippen LogP contribution in [-0.2, 0) is 0 Å². The number of hydrogen-bond acceptors (Lipinski definition) is 4. The highest BCUT2D eigenvalue weighted by Gasteiger charge is 2.15. The van der Waals surface area contributed by atoms with Crippen molar-refractivity contribution in [2.45, 2.75) is 6.92 Å². The molecule has 0 unspecified atom stereocenters. The Hall–Kier alpha value is -2.28. The zero-order valence-corrected chi connectivity index (χ0v) is 12.4. The van der Waals surface area contributed by atoms with Crippen molar-refractivity contribution < 1.29 is 18.8 Å². The molecular formula is C14H9BrFNO4. The molecule has 2 aromatic carbocycles. The van der Waals surface area contributed by atoms with Gasteiger partial charge in [0.15, 0.2) is 5.78 Å². The van der Waals surface area contributed by atoms with Crippen LogP contribution in [0.15, 0.2) is 40.9 Å². The van der Waals surface area contributed by atoms with Gasteiger partial charge in [-0.15, -0.1) is 0 Å².